The smallest absolute Gasteiger partial charge is 0.00964 e. The van der Waals surface area contributed by atoms with Gasteiger partial charge in [-0.05, 0) is 51.6 Å². The molecule has 0 spiro atoms. The van der Waals surface area contributed by atoms with E-state index in [0.29, 0.717) is 6.04 Å². The SMILES string of the molecule is CCCN(CCC)[C@H]1CC[C@H](N)CC1. The highest BCUT2D eigenvalue weighted by Crippen LogP contribution is 2.22. The Bertz CT molecular complexity index is 133. The van der Waals surface area contributed by atoms with Gasteiger partial charge in [-0.2, -0.15) is 0 Å². The van der Waals surface area contributed by atoms with E-state index in [1.165, 1.54) is 51.6 Å². The number of hydrogen-bond acceptors (Lipinski definition) is 2. The molecule has 0 radical (unpaired) electrons. The van der Waals surface area contributed by atoms with Crippen LogP contribution in [0.15, 0.2) is 0 Å². The second-order valence-corrected chi connectivity index (χ2v) is 4.60. The number of nitrogens with two attached hydrogens (primary N) is 1. The molecule has 0 aromatic rings. The lowest BCUT2D eigenvalue weighted by Crippen LogP contribution is -2.41. The molecule has 1 saturated carbocycles. The predicted octanol–water partition coefficient (Wildman–Crippen LogP) is 2.38. The van der Waals surface area contributed by atoms with Gasteiger partial charge in [0.2, 0.25) is 0 Å². The Kier molecular flexibility index (Phi) is 5.49. The van der Waals surface area contributed by atoms with Gasteiger partial charge in [0.05, 0.1) is 0 Å². The maximum Gasteiger partial charge on any atom is 0.00964 e. The summed E-state index contributed by atoms with van der Waals surface area (Å²) in [5.74, 6) is 0. The Balaban J connectivity index is 2.34. The summed E-state index contributed by atoms with van der Waals surface area (Å²) < 4.78 is 0. The van der Waals surface area contributed by atoms with Crippen molar-refractivity contribution in [2.45, 2.75) is 64.5 Å². The second kappa shape index (κ2) is 6.41. The Morgan fingerprint density at radius 1 is 1.00 bits per heavy atom. The van der Waals surface area contributed by atoms with Crippen molar-refractivity contribution in [3.05, 3.63) is 0 Å². The van der Waals surface area contributed by atoms with Crippen molar-refractivity contribution in [1.82, 2.24) is 4.90 Å². The van der Waals surface area contributed by atoms with Crippen LogP contribution in [0.3, 0.4) is 0 Å². The van der Waals surface area contributed by atoms with E-state index in [1.54, 1.807) is 0 Å². The molecule has 1 rings (SSSR count). The van der Waals surface area contributed by atoms with Gasteiger partial charge in [0.1, 0.15) is 0 Å². The molecule has 0 heterocycles. The molecule has 0 amide bonds. The van der Waals surface area contributed by atoms with Crippen LogP contribution in [0.4, 0.5) is 0 Å². The fraction of sp³-hybridized carbons (Fsp3) is 1.00. The maximum atomic E-state index is 5.93. The number of nitrogens with zero attached hydrogens (tertiary/aromatic N) is 1. The van der Waals surface area contributed by atoms with Gasteiger partial charge in [0.15, 0.2) is 0 Å². The summed E-state index contributed by atoms with van der Waals surface area (Å²) in [5.41, 5.74) is 5.93. The molecule has 0 atom stereocenters. The van der Waals surface area contributed by atoms with Gasteiger partial charge in [-0.25, -0.2) is 0 Å². The lowest BCUT2D eigenvalue weighted by atomic mass is 9.90. The zero-order valence-electron chi connectivity index (χ0n) is 9.84. The zero-order chi connectivity index (χ0) is 10.4. The first-order valence-corrected chi connectivity index (χ1v) is 6.27. The van der Waals surface area contributed by atoms with Gasteiger partial charge in [0.25, 0.3) is 0 Å². The first-order chi connectivity index (χ1) is 6.77. The average molecular weight is 198 g/mol. The number of rotatable bonds is 5. The fourth-order valence-corrected chi connectivity index (χ4v) is 2.52. The third kappa shape index (κ3) is 3.58. The highest BCUT2D eigenvalue weighted by molar-refractivity contribution is 4.80. The van der Waals surface area contributed by atoms with Gasteiger partial charge in [-0.3, -0.25) is 0 Å². The molecule has 0 aromatic heterocycles. The molecule has 2 heteroatoms. The molecule has 0 bridgehead atoms. The van der Waals surface area contributed by atoms with Gasteiger partial charge in [-0.15, -0.1) is 0 Å². The molecule has 1 aliphatic carbocycles. The topological polar surface area (TPSA) is 29.3 Å². The van der Waals surface area contributed by atoms with E-state index in [2.05, 4.69) is 18.7 Å². The van der Waals surface area contributed by atoms with Crippen LogP contribution in [-0.4, -0.2) is 30.1 Å². The standard InChI is InChI=1S/C12H26N2/c1-3-9-14(10-4-2)12-7-5-11(13)6-8-12/h11-12H,3-10,13H2,1-2H3/t11-,12-. The molecule has 0 aromatic carbocycles. The third-order valence-electron chi connectivity index (χ3n) is 3.28. The maximum absolute atomic E-state index is 5.93. The molecule has 14 heavy (non-hydrogen) atoms. The third-order valence-corrected chi connectivity index (χ3v) is 3.28. The molecule has 2 nitrogen and oxygen atoms in total. The summed E-state index contributed by atoms with van der Waals surface area (Å²) in [7, 11) is 0. The molecule has 0 saturated heterocycles. The minimum atomic E-state index is 0.483. The highest BCUT2D eigenvalue weighted by Gasteiger charge is 2.22. The molecule has 0 unspecified atom stereocenters. The molecule has 1 fully saturated rings. The molecular weight excluding hydrogens is 172 g/mol. The monoisotopic (exact) mass is 198 g/mol. The number of hydrogen-bond donors (Lipinski definition) is 1. The van der Waals surface area contributed by atoms with Crippen molar-refractivity contribution in [1.29, 1.82) is 0 Å². The van der Waals surface area contributed by atoms with Crippen LogP contribution >= 0.6 is 0 Å². The fourth-order valence-electron chi connectivity index (χ4n) is 2.52. The second-order valence-electron chi connectivity index (χ2n) is 4.60. The van der Waals surface area contributed by atoms with Crippen molar-refractivity contribution < 1.29 is 0 Å². The van der Waals surface area contributed by atoms with Gasteiger partial charge < -0.3 is 10.6 Å². The Labute approximate surface area is 88.8 Å². The zero-order valence-corrected chi connectivity index (χ0v) is 9.84. The largest absolute Gasteiger partial charge is 0.328 e. The van der Waals surface area contributed by atoms with Crippen molar-refractivity contribution in [3.63, 3.8) is 0 Å². The molecule has 84 valence electrons. The van der Waals surface area contributed by atoms with Crippen LogP contribution in [0.5, 0.6) is 0 Å². The van der Waals surface area contributed by atoms with Crippen LogP contribution in [0, 0.1) is 0 Å². The summed E-state index contributed by atoms with van der Waals surface area (Å²) in [4.78, 5) is 2.67. The Hall–Kier alpha value is -0.0800. The first-order valence-electron chi connectivity index (χ1n) is 6.27. The van der Waals surface area contributed by atoms with Crippen LogP contribution in [-0.2, 0) is 0 Å². The lowest BCUT2D eigenvalue weighted by molar-refractivity contribution is 0.150. The lowest BCUT2D eigenvalue weighted by Gasteiger charge is -2.35. The van der Waals surface area contributed by atoms with Crippen LogP contribution < -0.4 is 5.73 Å². The van der Waals surface area contributed by atoms with E-state index in [9.17, 15) is 0 Å². The van der Waals surface area contributed by atoms with Crippen LogP contribution in [0.2, 0.25) is 0 Å². The normalized spacial score (nSPS) is 28.3. The van der Waals surface area contributed by atoms with Gasteiger partial charge in [-0.1, -0.05) is 13.8 Å². The molecule has 2 N–H and O–H groups in total. The van der Waals surface area contributed by atoms with Crippen LogP contribution in [0.1, 0.15) is 52.4 Å². The summed E-state index contributed by atoms with van der Waals surface area (Å²) in [5, 5.41) is 0. The first kappa shape index (κ1) is 12.0. The summed E-state index contributed by atoms with van der Waals surface area (Å²) in [6.45, 7) is 7.09. The van der Waals surface area contributed by atoms with Crippen molar-refractivity contribution in [3.8, 4) is 0 Å². The van der Waals surface area contributed by atoms with E-state index in [-0.39, 0.29) is 0 Å². The van der Waals surface area contributed by atoms with E-state index in [0.717, 1.165) is 6.04 Å². The summed E-state index contributed by atoms with van der Waals surface area (Å²) in [6, 6.07) is 1.31. The molecular formula is C12H26N2. The Morgan fingerprint density at radius 3 is 1.93 bits per heavy atom. The average Bonchev–Trinajstić information content (AvgIpc) is 2.19. The van der Waals surface area contributed by atoms with E-state index >= 15 is 0 Å². The summed E-state index contributed by atoms with van der Waals surface area (Å²) >= 11 is 0. The van der Waals surface area contributed by atoms with Crippen molar-refractivity contribution in [2.24, 2.45) is 5.73 Å². The molecule has 1 aliphatic rings. The summed E-state index contributed by atoms with van der Waals surface area (Å²) in [6.07, 6.45) is 7.66. The van der Waals surface area contributed by atoms with E-state index in [4.69, 9.17) is 5.73 Å². The van der Waals surface area contributed by atoms with Gasteiger partial charge in [0, 0.05) is 12.1 Å². The van der Waals surface area contributed by atoms with Crippen molar-refractivity contribution >= 4 is 0 Å². The van der Waals surface area contributed by atoms with Crippen molar-refractivity contribution in [2.75, 3.05) is 13.1 Å². The quantitative estimate of drug-likeness (QED) is 0.735. The minimum Gasteiger partial charge on any atom is -0.328 e. The molecule has 0 aliphatic heterocycles. The van der Waals surface area contributed by atoms with Gasteiger partial charge >= 0.3 is 0 Å². The van der Waals surface area contributed by atoms with E-state index in [1.807, 2.05) is 0 Å². The van der Waals surface area contributed by atoms with E-state index < -0.39 is 0 Å². The Morgan fingerprint density at radius 2 is 1.50 bits per heavy atom. The highest BCUT2D eigenvalue weighted by atomic mass is 15.1. The minimum absolute atomic E-state index is 0.483. The van der Waals surface area contributed by atoms with Crippen LogP contribution in [0.25, 0.3) is 0 Å². The predicted molar refractivity (Wildman–Crippen MR) is 62.4 cm³/mol.